The average Bonchev–Trinajstić information content (AvgIpc) is 2.78. The fraction of sp³-hybridized carbons (Fsp3) is 0.913. The number of unbranched alkanes of at least 4 members (excludes halogenated alkanes) is 10. The van der Waals surface area contributed by atoms with Crippen LogP contribution in [0, 0.1) is 0 Å². The highest BCUT2D eigenvalue weighted by Crippen LogP contribution is 2.48. The van der Waals surface area contributed by atoms with E-state index in [4.69, 9.17) is 4.74 Å². The van der Waals surface area contributed by atoms with Gasteiger partial charge in [0, 0.05) is 12.8 Å². The summed E-state index contributed by atoms with van der Waals surface area (Å²) in [6, 6.07) is 0. The first-order valence-electron chi connectivity index (χ1n) is 12.0. The van der Waals surface area contributed by atoms with E-state index in [2.05, 4.69) is 11.7 Å². The Morgan fingerprint density at radius 2 is 1.09 bits per heavy atom. The molecule has 0 amide bonds. The van der Waals surface area contributed by atoms with Gasteiger partial charge in [-0.3, -0.25) is 9.59 Å². The molecule has 0 saturated carbocycles. The molecule has 0 saturated heterocycles. The van der Waals surface area contributed by atoms with Crippen molar-refractivity contribution >= 4 is 11.9 Å². The van der Waals surface area contributed by atoms with Gasteiger partial charge in [-0.25, -0.2) is 8.78 Å². The van der Waals surface area contributed by atoms with Crippen molar-refractivity contribution in [3.05, 3.63) is 0 Å². The molecule has 0 aliphatic carbocycles. The van der Waals surface area contributed by atoms with Gasteiger partial charge in [0.15, 0.2) is 6.61 Å². The Morgan fingerprint density at radius 3 is 1.54 bits per heavy atom. The summed E-state index contributed by atoms with van der Waals surface area (Å²) in [4.78, 5) is 22.9. The molecule has 0 bridgehead atoms. The van der Waals surface area contributed by atoms with E-state index in [1.54, 1.807) is 0 Å². The zero-order valence-corrected chi connectivity index (χ0v) is 20.0. The zero-order chi connectivity index (χ0) is 27.0. The van der Waals surface area contributed by atoms with Crippen molar-refractivity contribution in [2.75, 3.05) is 13.2 Å². The third-order valence-electron chi connectivity index (χ3n) is 5.34. The minimum Gasteiger partial charge on any atom is -0.466 e. The van der Waals surface area contributed by atoms with Gasteiger partial charge in [-0.2, -0.15) is 26.3 Å². The van der Waals surface area contributed by atoms with Crippen molar-refractivity contribution in [1.29, 1.82) is 0 Å². The predicted octanol–water partition coefficient (Wildman–Crippen LogP) is 7.73. The standard InChI is InChI=1S/C23H36F8O4/c1-2-3-4-5-6-7-8-9-10-11-12-16-34-18(32)14-13-15-19(33)35-17-21(26,27)23(30,31)22(28,29)20(24)25/h20H,2-17H2,1H3. The van der Waals surface area contributed by atoms with Crippen LogP contribution in [0.2, 0.25) is 0 Å². The normalized spacial score (nSPS) is 12.7. The maximum absolute atomic E-state index is 13.3. The zero-order valence-electron chi connectivity index (χ0n) is 20.0. The first kappa shape index (κ1) is 33.4. The van der Waals surface area contributed by atoms with Crippen molar-refractivity contribution in [2.45, 2.75) is 121 Å². The van der Waals surface area contributed by atoms with Crippen LogP contribution in [-0.4, -0.2) is 49.3 Å². The van der Waals surface area contributed by atoms with Gasteiger partial charge in [0.05, 0.1) is 6.61 Å². The molecule has 0 heterocycles. The van der Waals surface area contributed by atoms with E-state index in [9.17, 15) is 44.7 Å². The van der Waals surface area contributed by atoms with Gasteiger partial charge in [0.25, 0.3) is 0 Å². The van der Waals surface area contributed by atoms with Crippen LogP contribution in [-0.2, 0) is 19.1 Å². The Hall–Kier alpha value is -1.62. The number of carbonyl (C=O) groups is 2. The van der Waals surface area contributed by atoms with Crippen LogP contribution in [0.5, 0.6) is 0 Å². The number of carbonyl (C=O) groups excluding carboxylic acids is 2. The molecule has 0 aliphatic heterocycles. The smallest absolute Gasteiger partial charge is 0.381 e. The van der Waals surface area contributed by atoms with Gasteiger partial charge >= 0.3 is 36.1 Å². The molecule has 35 heavy (non-hydrogen) atoms. The molecule has 0 aliphatic rings. The van der Waals surface area contributed by atoms with Gasteiger partial charge in [0.1, 0.15) is 0 Å². The summed E-state index contributed by atoms with van der Waals surface area (Å²) >= 11 is 0. The van der Waals surface area contributed by atoms with E-state index < -0.39 is 49.2 Å². The molecule has 0 atom stereocenters. The molecule has 12 heteroatoms. The molecule has 0 radical (unpaired) electrons. The lowest BCUT2D eigenvalue weighted by Gasteiger charge is -2.31. The number of hydrogen-bond donors (Lipinski definition) is 0. The highest BCUT2D eigenvalue weighted by Gasteiger charge is 2.75. The molecule has 0 unspecified atom stereocenters. The highest BCUT2D eigenvalue weighted by atomic mass is 19.4. The fourth-order valence-electron chi connectivity index (χ4n) is 3.12. The van der Waals surface area contributed by atoms with E-state index in [-0.39, 0.29) is 19.4 Å². The van der Waals surface area contributed by atoms with Gasteiger partial charge in [-0.1, -0.05) is 71.1 Å². The third kappa shape index (κ3) is 12.8. The maximum Gasteiger partial charge on any atom is 0.381 e. The predicted molar refractivity (Wildman–Crippen MR) is 113 cm³/mol. The lowest BCUT2D eigenvalue weighted by Crippen LogP contribution is -2.59. The highest BCUT2D eigenvalue weighted by molar-refractivity contribution is 5.72. The second-order valence-corrected chi connectivity index (χ2v) is 8.47. The van der Waals surface area contributed by atoms with Gasteiger partial charge in [0.2, 0.25) is 0 Å². The summed E-state index contributed by atoms with van der Waals surface area (Å²) in [6.45, 7) is -0.153. The van der Waals surface area contributed by atoms with E-state index in [0.717, 1.165) is 19.3 Å². The molecule has 0 aromatic carbocycles. The monoisotopic (exact) mass is 528 g/mol. The molecule has 0 fully saturated rings. The number of alkyl halides is 8. The van der Waals surface area contributed by atoms with Crippen molar-refractivity contribution in [1.82, 2.24) is 0 Å². The molecule has 208 valence electrons. The third-order valence-corrected chi connectivity index (χ3v) is 5.34. The number of halogens is 8. The Bertz CT molecular complexity index is 600. The lowest BCUT2D eigenvalue weighted by molar-refractivity contribution is -0.344. The lowest BCUT2D eigenvalue weighted by atomic mass is 10.1. The second kappa shape index (κ2) is 16.9. The van der Waals surface area contributed by atoms with Gasteiger partial charge < -0.3 is 9.47 Å². The van der Waals surface area contributed by atoms with Crippen molar-refractivity contribution in [3.63, 3.8) is 0 Å². The van der Waals surface area contributed by atoms with Crippen LogP contribution in [0.25, 0.3) is 0 Å². The number of hydrogen-bond acceptors (Lipinski definition) is 4. The van der Waals surface area contributed by atoms with E-state index >= 15 is 0 Å². The SMILES string of the molecule is CCCCCCCCCCCCCOC(=O)CCCC(=O)OCC(F)(F)C(F)(F)C(F)(F)C(F)F. The fourth-order valence-corrected chi connectivity index (χ4v) is 3.12. The van der Waals surface area contributed by atoms with Crippen LogP contribution in [0.4, 0.5) is 35.1 Å². The van der Waals surface area contributed by atoms with Crippen molar-refractivity contribution < 1.29 is 54.2 Å². The van der Waals surface area contributed by atoms with Gasteiger partial charge in [-0.15, -0.1) is 0 Å². The molecule has 0 aromatic heterocycles. The first-order chi connectivity index (χ1) is 16.3. The van der Waals surface area contributed by atoms with Crippen LogP contribution < -0.4 is 0 Å². The summed E-state index contributed by atoms with van der Waals surface area (Å²) in [6.07, 6.45) is 6.16. The molecular weight excluding hydrogens is 492 g/mol. The van der Waals surface area contributed by atoms with Crippen LogP contribution >= 0.6 is 0 Å². The summed E-state index contributed by atoms with van der Waals surface area (Å²) in [5.41, 5.74) is 0. The Labute approximate surface area is 201 Å². The molecule has 0 aromatic rings. The van der Waals surface area contributed by atoms with Crippen molar-refractivity contribution in [3.8, 4) is 0 Å². The van der Waals surface area contributed by atoms with Crippen LogP contribution in [0.1, 0.15) is 96.8 Å². The van der Waals surface area contributed by atoms with Crippen LogP contribution in [0.15, 0.2) is 0 Å². The molecule has 4 nitrogen and oxygen atoms in total. The molecule has 0 N–H and O–H groups in total. The van der Waals surface area contributed by atoms with Crippen LogP contribution in [0.3, 0.4) is 0 Å². The maximum atomic E-state index is 13.3. The molecule has 0 spiro atoms. The van der Waals surface area contributed by atoms with E-state index in [0.29, 0.717) is 6.42 Å². The average molecular weight is 529 g/mol. The largest absolute Gasteiger partial charge is 0.466 e. The van der Waals surface area contributed by atoms with Gasteiger partial charge in [-0.05, 0) is 12.8 Å². The molecule has 0 rings (SSSR count). The topological polar surface area (TPSA) is 52.6 Å². The van der Waals surface area contributed by atoms with E-state index in [1.807, 2.05) is 0 Å². The number of rotatable bonds is 21. The summed E-state index contributed by atoms with van der Waals surface area (Å²) in [5.74, 6) is -20.6. The van der Waals surface area contributed by atoms with Crippen molar-refractivity contribution in [2.24, 2.45) is 0 Å². The molecular formula is C23H36F8O4. The Kier molecular flexibility index (Phi) is 16.2. The number of esters is 2. The summed E-state index contributed by atoms with van der Waals surface area (Å²) in [5, 5.41) is 0. The second-order valence-electron chi connectivity index (χ2n) is 8.47. The Morgan fingerprint density at radius 1 is 0.657 bits per heavy atom. The summed E-state index contributed by atoms with van der Waals surface area (Å²) < 4.78 is 111. The number of ether oxygens (including phenoxy) is 2. The summed E-state index contributed by atoms with van der Waals surface area (Å²) in [7, 11) is 0. The quantitative estimate of drug-likeness (QED) is 0.0869. The Balaban J connectivity index is 3.90. The minimum absolute atomic E-state index is 0.181. The van der Waals surface area contributed by atoms with E-state index in [1.165, 1.54) is 44.9 Å². The minimum atomic E-state index is -6.44. The first-order valence-corrected chi connectivity index (χ1v) is 12.0.